The van der Waals surface area contributed by atoms with E-state index in [1.54, 1.807) is 23.6 Å². The van der Waals surface area contributed by atoms with Crippen LogP contribution in [0.5, 0.6) is 0 Å². The Hall–Kier alpha value is -2.48. The highest BCUT2D eigenvalue weighted by Crippen LogP contribution is 2.31. The Labute approximate surface area is 154 Å². The quantitative estimate of drug-likeness (QED) is 0.733. The molecule has 1 aliphatic rings. The average molecular weight is 373 g/mol. The lowest BCUT2D eigenvalue weighted by Gasteiger charge is -2.34. The van der Waals surface area contributed by atoms with Crippen LogP contribution in [0.15, 0.2) is 29.8 Å². The van der Waals surface area contributed by atoms with Crippen LogP contribution in [0.1, 0.15) is 36.1 Å². The summed E-state index contributed by atoms with van der Waals surface area (Å²) in [4.78, 5) is 26.4. The lowest BCUT2D eigenvalue weighted by Crippen LogP contribution is -2.45. The summed E-state index contributed by atoms with van der Waals surface area (Å²) in [7, 11) is 0. The van der Waals surface area contributed by atoms with Gasteiger partial charge in [-0.2, -0.15) is 0 Å². The molecule has 136 valence electrons. The van der Waals surface area contributed by atoms with Crippen LogP contribution in [-0.4, -0.2) is 39.0 Å². The third-order valence-electron chi connectivity index (χ3n) is 4.63. The number of carbonyl (C=O) groups is 1. The summed E-state index contributed by atoms with van der Waals surface area (Å²) in [5.41, 5.74) is 1.40. The highest BCUT2D eigenvalue weighted by Gasteiger charge is 2.29. The van der Waals surface area contributed by atoms with E-state index >= 15 is 0 Å². The van der Waals surface area contributed by atoms with E-state index < -0.39 is 0 Å². The number of nitrogens with zero attached hydrogens (tertiary/aromatic N) is 3. The van der Waals surface area contributed by atoms with Gasteiger partial charge in [0.1, 0.15) is 16.6 Å². The second-order valence-electron chi connectivity index (χ2n) is 6.40. The van der Waals surface area contributed by atoms with Crippen LogP contribution in [0, 0.1) is 5.82 Å². The second kappa shape index (κ2) is 7.41. The van der Waals surface area contributed by atoms with Gasteiger partial charge in [0.25, 0.3) is 0 Å². The van der Waals surface area contributed by atoms with Crippen molar-refractivity contribution in [3.8, 4) is 0 Å². The van der Waals surface area contributed by atoms with Crippen molar-refractivity contribution in [3.63, 3.8) is 0 Å². The molecule has 2 N–H and O–H groups in total. The van der Waals surface area contributed by atoms with Crippen LogP contribution < -0.4 is 5.32 Å². The monoisotopic (exact) mass is 373 g/mol. The van der Waals surface area contributed by atoms with Crippen molar-refractivity contribution >= 4 is 28.4 Å². The van der Waals surface area contributed by atoms with Crippen molar-refractivity contribution in [2.75, 3.05) is 13.1 Å². The van der Waals surface area contributed by atoms with E-state index in [2.05, 4.69) is 20.3 Å². The molecule has 0 bridgehead atoms. The number of aromatic nitrogens is 3. The Morgan fingerprint density at radius 2 is 2.35 bits per heavy atom. The van der Waals surface area contributed by atoms with Crippen molar-refractivity contribution < 1.29 is 9.18 Å². The fraction of sp³-hybridized carbons (Fsp3) is 0.389. The predicted octanol–water partition coefficient (Wildman–Crippen LogP) is 3.64. The Balaban J connectivity index is 1.36. The molecule has 0 spiro atoms. The zero-order chi connectivity index (χ0) is 17.9. The van der Waals surface area contributed by atoms with Crippen molar-refractivity contribution in [3.05, 3.63) is 46.4 Å². The lowest BCUT2D eigenvalue weighted by molar-refractivity contribution is 0.151. The van der Waals surface area contributed by atoms with E-state index in [4.69, 9.17) is 0 Å². The first kappa shape index (κ1) is 17.0. The maximum absolute atomic E-state index is 13.2. The number of piperidine rings is 1. The standard InChI is InChI=1S/C18H20FN5OS/c19-12-4-5-13-14(11-12)23-16(22-13)6-7-21-18(25)24-9-2-1-3-15(24)17-20-8-10-26-17/h4-5,8,10-11,15H,1-3,6-7,9H2,(H,21,25)(H,22,23). The van der Waals surface area contributed by atoms with Gasteiger partial charge in [0, 0.05) is 31.1 Å². The highest BCUT2D eigenvalue weighted by atomic mass is 32.1. The maximum Gasteiger partial charge on any atom is 0.318 e. The number of halogens is 1. The Morgan fingerprint density at radius 1 is 1.42 bits per heavy atom. The molecular formula is C18H20FN5OS. The fourth-order valence-corrected chi connectivity index (χ4v) is 4.16. The normalized spacial score (nSPS) is 17.6. The molecule has 3 heterocycles. The van der Waals surface area contributed by atoms with E-state index in [-0.39, 0.29) is 17.9 Å². The highest BCUT2D eigenvalue weighted by molar-refractivity contribution is 7.09. The molecule has 26 heavy (non-hydrogen) atoms. The number of rotatable bonds is 4. The van der Waals surface area contributed by atoms with Gasteiger partial charge in [0.2, 0.25) is 0 Å². The van der Waals surface area contributed by atoms with Crippen LogP contribution in [0.3, 0.4) is 0 Å². The summed E-state index contributed by atoms with van der Waals surface area (Å²) in [6, 6.07) is 4.47. The molecule has 0 radical (unpaired) electrons. The molecule has 4 rings (SSSR count). The molecule has 0 aliphatic carbocycles. The summed E-state index contributed by atoms with van der Waals surface area (Å²) in [5, 5.41) is 5.93. The molecular weight excluding hydrogens is 353 g/mol. The molecule has 2 aromatic heterocycles. The number of urea groups is 1. The minimum absolute atomic E-state index is 0.0629. The van der Waals surface area contributed by atoms with Crippen LogP contribution >= 0.6 is 11.3 Å². The molecule has 1 aromatic carbocycles. The van der Waals surface area contributed by atoms with E-state index in [0.29, 0.717) is 18.5 Å². The van der Waals surface area contributed by atoms with E-state index in [0.717, 1.165) is 42.2 Å². The summed E-state index contributed by atoms with van der Waals surface area (Å²) >= 11 is 1.60. The molecule has 0 saturated carbocycles. The largest absolute Gasteiger partial charge is 0.342 e. The Morgan fingerprint density at radius 3 is 3.19 bits per heavy atom. The number of carbonyl (C=O) groups excluding carboxylic acids is 1. The number of hydrogen-bond donors (Lipinski definition) is 2. The van der Waals surface area contributed by atoms with Gasteiger partial charge in [0.05, 0.1) is 17.1 Å². The molecule has 2 amide bonds. The van der Waals surface area contributed by atoms with E-state index in [9.17, 15) is 9.18 Å². The van der Waals surface area contributed by atoms with Gasteiger partial charge in [-0.1, -0.05) is 0 Å². The van der Waals surface area contributed by atoms with Crippen LogP contribution in [0.25, 0.3) is 11.0 Å². The second-order valence-corrected chi connectivity index (χ2v) is 7.33. The van der Waals surface area contributed by atoms with Crippen LogP contribution in [0.4, 0.5) is 9.18 Å². The Bertz CT molecular complexity index is 894. The molecule has 6 nitrogen and oxygen atoms in total. The van der Waals surface area contributed by atoms with Crippen molar-refractivity contribution in [2.24, 2.45) is 0 Å². The minimum Gasteiger partial charge on any atom is -0.342 e. The Kier molecular flexibility index (Phi) is 4.83. The summed E-state index contributed by atoms with van der Waals surface area (Å²) in [6.45, 7) is 1.22. The van der Waals surface area contributed by atoms with Crippen molar-refractivity contribution in [1.29, 1.82) is 0 Å². The lowest BCUT2D eigenvalue weighted by atomic mass is 10.0. The zero-order valence-corrected chi connectivity index (χ0v) is 15.1. The molecule has 1 saturated heterocycles. The summed E-state index contributed by atoms with van der Waals surface area (Å²) in [6.07, 6.45) is 5.44. The van der Waals surface area contributed by atoms with E-state index in [1.165, 1.54) is 12.1 Å². The number of imidazole rings is 1. The number of aromatic amines is 1. The van der Waals surface area contributed by atoms with Gasteiger partial charge in [-0.25, -0.2) is 19.2 Å². The molecule has 1 fully saturated rings. The van der Waals surface area contributed by atoms with Gasteiger partial charge in [-0.05, 0) is 37.5 Å². The van der Waals surface area contributed by atoms with Gasteiger partial charge in [-0.3, -0.25) is 0 Å². The number of likely N-dealkylation sites (tertiary alicyclic amines) is 1. The van der Waals surface area contributed by atoms with Crippen molar-refractivity contribution in [1.82, 2.24) is 25.2 Å². The SMILES string of the molecule is O=C(NCCc1nc2ccc(F)cc2[nH]1)N1CCCCC1c1nccs1. The van der Waals surface area contributed by atoms with Gasteiger partial charge in [0.15, 0.2) is 0 Å². The number of fused-ring (bicyclic) bond motifs is 1. The molecule has 8 heteroatoms. The van der Waals surface area contributed by atoms with Crippen LogP contribution in [0.2, 0.25) is 0 Å². The third-order valence-corrected chi connectivity index (χ3v) is 5.51. The number of benzene rings is 1. The third kappa shape index (κ3) is 3.55. The van der Waals surface area contributed by atoms with E-state index in [1.807, 2.05) is 10.3 Å². The number of thiazole rings is 1. The molecule has 3 aromatic rings. The van der Waals surface area contributed by atoms with Gasteiger partial charge in [-0.15, -0.1) is 11.3 Å². The average Bonchev–Trinajstić information content (AvgIpc) is 3.30. The summed E-state index contributed by atoms with van der Waals surface area (Å²) in [5.74, 6) is 0.445. The summed E-state index contributed by atoms with van der Waals surface area (Å²) < 4.78 is 13.2. The first-order valence-corrected chi connectivity index (χ1v) is 9.67. The minimum atomic E-state index is -0.292. The topological polar surface area (TPSA) is 73.9 Å². The number of amides is 2. The first-order chi connectivity index (χ1) is 12.7. The number of hydrogen-bond acceptors (Lipinski definition) is 4. The molecule has 1 atom stereocenters. The van der Waals surface area contributed by atoms with Gasteiger partial charge >= 0.3 is 6.03 Å². The predicted molar refractivity (Wildman–Crippen MR) is 98.6 cm³/mol. The number of nitrogens with one attached hydrogen (secondary N) is 2. The van der Waals surface area contributed by atoms with Gasteiger partial charge < -0.3 is 15.2 Å². The smallest absolute Gasteiger partial charge is 0.318 e. The zero-order valence-electron chi connectivity index (χ0n) is 14.2. The molecule has 1 unspecified atom stereocenters. The maximum atomic E-state index is 13.2. The number of H-pyrrole nitrogens is 1. The van der Waals surface area contributed by atoms with Crippen molar-refractivity contribution in [2.45, 2.75) is 31.7 Å². The first-order valence-electron chi connectivity index (χ1n) is 8.79. The van der Waals surface area contributed by atoms with Crippen LogP contribution in [-0.2, 0) is 6.42 Å². The fourth-order valence-electron chi connectivity index (χ4n) is 3.37. The molecule has 1 aliphatic heterocycles.